The lowest BCUT2D eigenvalue weighted by molar-refractivity contribution is -0.130. The highest BCUT2D eigenvalue weighted by Crippen LogP contribution is 2.55. The van der Waals surface area contributed by atoms with Crippen LogP contribution in [-0.2, 0) is 0 Å². The molecule has 0 aromatic heterocycles. The van der Waals surface area contributed by atoms with Gasteiger partial charge in [-0.2, -0.15) is 0 Å². The molecule has 3 atom stereocenters. The van der Waals surface area contributed by atoms with Gasteiger partial charge >= 0.3 is 0 Å². The summed E-state index contributed by atoms with van der Waals surface area (Å²) in [6.45, 7) is 16.7. The molecule has 2 aliphatic rings. The molecule has 1 heterocycles. The third kappa shape index (κ3) is 4.54. The summed E-state index contributed by atoms with van der Waals surface area (Å²) in [5.74, 6) is 1.19. The summed E-state index contributed by atoms with van der Waals surface area (Å²) in [5, 5.41) is 14.9. The SMILES string of the molecule is CCN[C@H](C(C)C)C(O)N1CC[C@@](C)(C2CCC(Cl)CC2)C(C)(C)C1. The van der Waals surface area contributed by atoms with Gasteiger partial charge in [0, 0.05) is 24.5 Å². The fourth-order valence-electron chi connectivity index (χ4n) is 5.30. The third-order valence-corrected chi connectivity index (χ3v) is 7.91. The van der Waals surface area contributed by atoms with E-state index in [0.717, 1.165) is 25.6 Å². The van der Waals surface area contributed by atoms with Crippen LogP contribution < -0.4 is 5.32 Å². The fourth-order valence-corrected chi connectivity index (χ4v) is 5.55. The lowest BCUT2D eigenvalue weighted by Gasteiger charge is -2.57. The third-order valence-electron chi connectivity index (χ3n) is 7.47. The van der Waals surface area contributed by atoms with Crippen molar-refractivity contribution < 1.29 is 5.11 Å². The Morgan fingerprint density at radius 2 is 1.76 bits per heavy atom. The van der Waals surface area contributed by atoms with Crippen molar-refractivity contribution in [2.45, 2.75) is 91.3 Å². The Morgan fingerprint density at radius 3 is 2.24 bits per heavy atom. The van der Waals surface area contributed by atoms with Gasteiger partial charge in [0.25, 0.3) is 0 Å². The number of rotatable bonds is 6. The van der Waals surface area contributed by atoms with Crippen LogP contribution in [0.5, 0.6) is 0 Å². The number of aliphatic hydroxyl groups excluding tert-OH is 1. The highest BCUT2D eigenvalue weighted by atomic mass is 35.5. The van der Waals surface area contributed by atoms with Crippen molar-refractivity contribution in [3.8, 4) is 0 Å². The molecule has 2 rings (SSSR count). The predicted octanol–water partition coefficient (Wildman–Crippen LogP) is 4.47. The Morgan fingerprint density at radius 1 is 1.16 bits per heavy atom. The molecule has 0 radical (unpaired) electrons. The Kier molecular flexibility index (Phi) is 7.26. The lowest BCUT2D eigenvalue weighted by Crippen LogP contribution is -2.61. The second-order valence-electron chi connectivity index (χ2n) is 9.71. The first kappa shape index (κ1) is 21.5. The maximum Gasteiger partial charge on any atom is 0.123 e. The molecule has 2 fully saturated rings. The zero-order valence-corrected chi connectivity index (χ0v) is 18.1. The monoisotopic (exact) mass is 372 g/mol. The van der Waals surface area contributed by atoms with Gasteiger partial charge in [-0.15, -0.1) is 11.6 Å². The molecule has 0 aromatic rings. The minimum absolute atomic E-state index is 0.136. The van der Waals surface area contributed by atoms with Gasteiger partial charge in [0.15, 0.2) is 0 Å². The van der Waals surface area contributed by atoms with Gasteiger partial charge < -0.3 is 10.4 Å². The van der Waals surface area contributed by atoms with Crippen LogP contribution in [0.15, 0.2) is 0 Å². The summed E-state index contributed by atoms with van der Waals surface area (Å²) in [6.07, 6.45) is 5.64. The van der Waals surface area contributed by atoms with Crippen molar-refractivity contribution in [2.24, 2.45) is 22.7 Å². The van der Waals surface area contributed by atoms with Crippen molar-refractivity contribution in [2.75, 3.05) is 19.6 Å². The molecule has 1 aliphatic heterocycles. The zero-order chi connectivity index (χ0) is 18.8. The molecule has 1 aliphatic carbocycles. The maximum atomic E-state index is 11.0. The molecule has 3 nitrogen and oxygen atoms in total. The number of piperidine rings is 1. The second-order valence-corrected chi connectivity index (χ2v) is 10.3. The first-order chi connectivity index (χ1) is 11.6. The average molecular weight is 373 g/mol. The van der Waals surface area contributed by atoms with Gasteiger partial charge in [0.1, 0.15) is 6.23 Å². The molecular formula is C21H41ClN2O. The molecule has 25 heavy (non-hydrogen) atoms. The zero-order valence-electron chi connectivity index (χ0n) is 17.3. The predicted molar refractivity (Wildman–Crippen MR) is 108 cm³/mol. The van der Waals surface area contributed by atoms with Gasteiger partial charge in [-0.1, -0.05) is 41.5 Å². The standard InChI is InChI=1S/C21H41ClN2O/c1-7-23-18(15(2)3)19(25)24-13-12-21(6,20(4,5)14-24)16-8-10-17(22)11-9-16/h15-19,23,25H,7-14H2,1-6H3/t16?,17?,18-,19?,21+/m1/s1. The van der Waals surface area contributed by atoms with Crippen LogP contribution in [0.3, 0.4) is 0 Å². The molecule has 0 spiro atoms. The summed E-state index contributed by atoms with van der Waals surface area (Å²) in [7, 11) is 0. The minimum atomic E-state index is -0.401. The fraction of sp³-hybridized carbons (Fsp3) is 1.00. The Balaban J connectivity index is 2.08. The maximum absolute atomic E-state index is 11.0. The van der Waals surface area contributed by atoms with E-state index in [1.807, 2.05) is 0 Å². The summed E-state index contributed by atoms with van der Waals surface area (Å²) in [4.78, 5) is 2.32. The van der Waals surface area contributed by atoms with E-state index >= 15 is 0 Å². The molecule has 1 saturated carbocycles. The van der Waals surface area contributed by atoms with Crippen molar-refractivity contribution >= 4 is 11.6 Å². The number of aliphatic hydroxyl groups is 1. The second kappa shape index (κ2) is 8.46. The summed E-state index contributed by atoms with van der Waals surface area (Å²) in [6, 6.07) is 0.136. The van der Waals surface area contributed by atoms with Gasteiger partial charge in [0.05, 0.1) is 0 Å². The van der Waals surface area contributed by atoms with Crippen LogP contribution in [0.1, 0.15) is 73.6 Å². The quantitative estimate of drug-likeness (QED) is 0.675. The smallest absolute Gasteiger partial charge is 0.123 e. The van der Waals surface area contributed by atoms with Crippen LogP contribution in [-0.4, -0.2) is 47.3 Å². The summed E-state index contributed by atoms with van der Waals surface area (Å²) < 4.78 is 0. The average Bonchev–Trinajstić information content (AvgIpc) is 2.54. The van der Waals surface area contributed by atoms with E-state index in [1.165, 1.54) is 32.1 Å². The largest absolute Gasteiger partial charge is 0.377 e. The van der Waals surface area contributed by atoms with Crippen molar-refractivity contribution in [3.63, 3.8) is 0 Å². The molecule has 0 aromatic carbocycles. The number of halogens is 1. The van der Waals surface area contributed by atoms with Crippen LogP contribution in [0.2, 0.25) is 0 Å². The van der Waals surface area contributed by atoms with E-state index in [1.54, 1.807) is 0 Å². The highest BCUT2D eigenvalue weighted by Gasteiger charge is 2.51. The summed E-state index contributed by atoms with van der Waals surface area (Å²) >= 11 is 6.35. The summed E-state index contributed by atoms with van der Waals surface area (Å²) in [5.41, 5.74) is 0.537. The minimum Gasteiger partial charge on any atom is -0.377 e. The van der Waals surface area contributed by atoms with Crippen LogP contribution >= 0.6 is 11.6 Å². The highest BCUT2D eigenvalue weighted by molar-refractivity contribution is 6.20. The van der Waals surface area contributed by atoms with Gasteiger partial charge in [-0.05, 0) is 61.3 Å². The number of nitrogens with zero attached hydrogens (tertiary/aromatic N) is 1. The number of hydrogen-bond donors (Lipinski definition) is 2. The lowest BCUT2D eigenvalue weighted by atomic mass is 9.54. The number of likely N-dealkylation sites (N-methyl/N-ethyl adjacent to an activating group) is 1. The van der Waals surface area contributed by atoms with E-state index in [2.05, 4.69) is 51.8 Å². The van der Waals surface area contributed by atoms with Crippen LogP contribution in [0, 0.1) is 22.7 Å². The normalized spacial score (nSPS) is 36.4. The van der Waals surface area contributed by atoms with Gasteiger partial charge in [0.2, 0.25) is 0 Å². The Hall–Kier alpha value is 0.170. The van der Waals surface area contributed by atoms with E-state index in [4.69, 9.17) is 11.6 Å². The molecular weight excluding hydrogens is 332 g/mol. The molecule has 2 N–H and O–H groups in total. The molecule has 0 bridgehead atoms. The first-order valence-electron chi connectivity index (χ1n) is 10.4. The molecule has 0 amide bonds. The van der Waals surface area contributed by atoms with Crippen molar-refractivity contribution in [3.05, 3.63) is 0 Å². The van der Waals surface area contributed by atoms with E-state index in [0.29, 0.717) is 16.7 Å². The number of alkyl halides is 1. The van der Waals surface area contributed by atoms with E-state index in [9.17, 15) is 5.11 Å². The van der Waals surface area contributed by atoms with Gasteiger partial charge in [-0.3, -0.25) is 4.90 Å². The topological polar surface area (TPSA) is 35.5 Å². The van der Waals surface area contributed by atoms with Crippen molar-refractivity contribution in [1.29, 1.82) is 0 Å². The van der Waals surface area contributed by atoms with E-state index < -0.39 is 6.23 Å². The molecule has 1 unspecified atom stereocenters. The molecule has 4 heteroatoms. The van der Waals surface area contributed by atoms with Crippen LogP contribution in [0.25, 0.3) is 0 Å². The van der Waals surface area contributed by atoms with Gasteiger partial charge in [-0.25, -0.2) is 0 Å². The number of nitrogens with one attached hydrogen (secondary N) is 1. The van der Waals surface area contributed by atoms with Crippen molar-refractivity contribution in [1.82, 2.24) is 10.2 Å². The Labute approximate surface area is 160 Å². The molecule has 148 valence electrons. The van der Waals surface area contributed by atoms with E-state index in [-0.39, 0.29) is 11.5 Å². The number of hydrogen-bond acceptors (Lipinski definition) is 3. The molecule has 1 saturated heterocycles. The number of likely N-dealkylation sites (tertiary alicyclic amines) is 1. The van der Waals surface area contributed by atoms with Crippen LogP contribution in [0.4, 0.5) is 0 Å². The Bertz CT molecular complexity index is 420. The first-order valence-corrected chi connectivity index (χ1v) is 10.9.